The first kappa shape index (κ1) is 42.7. The van der Waals surface area contributed by atoms with Crippen molar-refractivity contribution in [3.63, 3.8) is 0 Å². The molecule has 48 heavy (non-hydrogen) atoms. The Morgan fingerprint density at radius 1 is 0.688 bits per heavy atom. The van der Waals surface area contributed by atoms with Crippen LogP contribution in [0.4, 0.5) is 4.79 Å². The third-order valence-electron chi connectivity index (χ3n) is 9.33. The van der Waals surface area contributed by atoms with Crippen molar-refractivity contribution in [3.05, 3.63) is 0 Å². The van der Waals surface area contributed by atoms with Crippen LogP contribution in [0.5, 0.6) is 0 Å². The van der Waals surface area contributed by atoms with Gasteiger partial charge in [0.2, 0.25) is 0 Å². The summed E-state index contributed by atoms with van der Waals surface area (Å²) in [5, 5.41) is 6.49. The first-order valence-corrected chi connectivity index (χ1v) is 20.4. The maximum atomic E-state index is 12.2. The molecule has 9 nitrogen and oxygen atoms in total. The Kier molecular flexibility index (Phi) is 24.2. The minimum atomic E-state index is -0.0348. The summed E-state index contributed by atoms with van der Waals surface area (Å²) >= 11 is 1.94. The molecule has 0 aromatic heterocycles. The average molecular weight is 696 g/mol. The minimum Gasteiger partial charge on any atom is -0.379 e. The number of carbonyl (C=O) groups excluding carboxylic acids is 4. The first-order valence-electron chi connectivity index (χ1n) is 19.3. The summed E-state index contributed by atoms with van der Waals surface area (Å²) in [7, 11) is 2.16. The number of amides is 2. The Balaban J connectivity index is 1.24. The molecule has 0 aromatic rings. The fraction of sp³-hybridized carbons (Fsp3) is 0.895. The van der Waals surface area contributed by atoms with E-state index < -0.39 is 0 Å². The van der Waals surface area contributed by atoms with Gasteiger partial charge in [-0.15, -0.1) is 0 Å². The second-order valence-corrected chi connectivity index (χ2v) is 15.8. The second kappa shape index (κ2) is 27.3. The van der Waals surface area contributed by atoms with Crippen molar-refractivity contribution in [2.45, 2.75) is 160 Å². The number of ketones is 3. The van der Waals surface area contributed by atoms with E-state index in [9.17, 15) is 19.2 Å². The molecular formula is C38H69N3O6S. The molecule has 2 aliphatic heterocycles. The molecule has 0 unspecified atom stereocenters. The van der Waals surface area contributed by atoms with Crippen molar-refractivity contribution in [2.75, 3.05) is 52.3 Å². The van der Waals surface area contributed by atoms with Crippen LogP contribution in [0.3, 0.4) is 0 Å². The van der Waals surface area contributed by atoms with Crippen molar-refractivity contribution < 1.29 is 28.7 Å². The van der Waals surface area contributed by atoms with Crippen LogP contribution in [-0.2, 0) is 23.9 Å². The van der Waals surface area contributed by atoms with Crippen molar-refractivity contribution in [1.82, 2.24) is 15.5 Å². The monoisotopic (exact) mass is 695 g/mol. The Morgan fingerprint density at radius 3 is 1.81 bits per heavy atom. The summed E-state index contributed by atoms with van der Waals surface area (Å²) in [4.78, 5) is 50.3. The summed E-state index contributed by atoms with van der Waals surface area (Å²) in [6.07, 6.45) is 17.7. The third kappa shape index (κ3) is 21.6. The maximum Gasteiger partial charge on any atom is 0.315 e. The molecule has 0 saturated carbocycles. The average Bonchev–Trinajstić information content (AvgIpc) is 3.59. The number of hydrogen-bond donors (Lipinski definition) is 2. The number of urea groups is 1. The number of fused-ring (bicyclic) bond motifs is 1. The van der Waals surface area contributed by atoms with Crippen molar-refractivity contribution >= 4 is 35.1 Å². The number of unbranched alkanes of at least 4 members (excludes halogenated alkanes) is 8. The number of Topliss-reactive ketones (excluding diaryl/α,β-unsaturated/α-hetero) is 3. The Bertz CT molecular complexity index is 904. The molecule has 2 rings (SSSR count). The largest absolute Gasteiger partial charge is 0.379 e. The third-order valence-corrected chi connectivity index (χ3v) is 10.8. The SMILES string of the molecule is CC(C)CN(C)CCCCCC(=O)CCCC(=O)CCCCOCCOCCCCCCCC(=O)CCCC[C@@H]1SC[C@@H]2NC(=O)N[C@@H]21. The summed E-state index contributed by atoms with van der Waals surface area (Å²) in [5.74, 6) is 2.62. The highest BCUT2D eigenvalue weighted by molar-refractivity contribution is 8.00. The molecular weight excluding hydrogens is 627 g/mol. The van der Waals surface area contributed by atoms with Gasteiger partial charge < -0.3 is 25.0 Å². The topological polar surface area (TPSA) is 114 Å². The zero-order valence-electron chi connectivity index (χ0n) is 30.7. The Hall–Kier alpha value is -1.49. The van der Waals surface area contributed by atoms with Crippen LogP contribution in [-0.4, -0.2) is 97.9 Å². The second-order valence-electron chi connectivity index (χ2n) is 14.5. The fourth-order valence-electron chi connectivity index (χ4n) is 6.67. The zero-order valence-corrected chi connectivity index (χ0v) is 31.5. The number of ether oxygens (including phenoxy) is 2. The number of thioether (sulfide) groups is 1. The number of rotatable bonds is 33. The number of carbonyl (C=O) groups is 4. The summed E-state index contributed by atoms with van der Waals surface area (Å²) in [6, 6.07) is 0.501. The normalized spacial score (nSPS) is 18.8. The minimum absolute atomic E-state index is 0.0348. The lowest BCUT2D eigenvalue weighted by molar-refractivity contribution is -0.121. The molecule has 10 heteroatoms. The summed E-state index contributed by atoms with van der Waals surface area (Å²) in [5.41, 5.74) is 0. The standard InChI is InChI=1S/C38H69N3O6S/c1-31(2)29-41(3)24-13-7-9-18-33(43)21-16-22-34(44)20-12-15-26-47-28-27-46-25-14-6-4-5-8-17-32(42)19-10-11-23-36-37-35(30-48-36)39-38(45)40-37/h31,35-37H,4-30H2,1-3H3,(H2,39,40,45)/t35-,36-,37-/m0/s1. The van der Waals surface area contributed by atoms with Gasteiger partial charge in [0.15, 0.2) is 0 Å². The molecule has 2 amide bonds. The molecule has 0 bridgehead atoms. The van der Waals surface area contributed by atoms with Crippen molar-refractivity contribution in [2.24, 2.45) is 5.92 Å². The van der Waals surface area contributed by atoms with Crippen LogP contribution < -0.4 is 10.6 Å². The summed E-state index contributed by atoms with van der Waals surface area (Å²) in [6.45, 7) is 9.27. The Morgan fingerprint density at radius 2 is 1.19 bits per heavy atom. The van der Waals surface area contributed by atoms with Gasteiger partial charge in [0, 0.05) is 69.3 Å². The quantitative estimate of drug-likeness (QED) is 0.0544. The van der Waals surface area contributed by atoms with E-state index in [0.29, 0.717) is 87.5 Å². The van der Waals surface area contributed by atoms with Crippen LogP contribution in [0.25, 0.3) is 0 Å². The van der Waals surface area contributed by atoms with E-state index in [1.54, 1.807) is 0 Å². The number of nitrogens with one attached hydrogen (secondary N) is 2. The predicted octanol–water partition coefficient (Wildman–Crippen LogP) is 7.28. The van der Waals surface area contributed by atoms with E-state index >= 15 is 0 Å². The van der Waals surface area contributed by atoms with Gasteiger partial charge in [-0.05, 0) is 77.3 Å². The molecule has 0 aromatic carbocycles. The zero-order chi connectivity index (χ0) is 34.8. The van der Waals surface area contributed by atoms with Gasteiger partial charge in [-0.25, -0.2) is 4.79 Å². The van der Waals surface area contributed by atoms with Crippen molar-refractivity contribution in [3.8, 4) is 0 Å². The van der Waals surface area contributed by atoms with Crippen LogP contribution in [0.15, 0.2) is 0 Å². The van der Waals surface area contributed by atoms with Gasteiger partial charge in [0.25, 0.3) is 0 Å². The van der Waals surface area contributed by atoms with Gasteiger partial charge in [-0.2, -0.15) is 11.8 Å². The smallest absolute Gasteiger partial charge is 0.315 e. The van der Waals surface area contributed by atoms with E-state index in [1.807, 2.05) is 11.8 Å². The molecule has 2 fully saturated rings. The van der Waals surface area contributed by atoms with Gasteiger partial charge in [-0.1, -0.05) is 46.0 Å². The van der Waals surface area contributed by atoms with E-state index in [-0.39, 0.29) is 23.9 Å². The lowest BCUT2D eigenvalue weighted by atomic mass is 10.0. The van der Waals surface area contributed by atoms with Gasteiger partial charge in [-0.3, -0.25) is 14.4 Å². The summed E-state index contributed by atoms with van der Waals surface area (Å²) < 4.78 is 11.3. The van der Waals surface area contributed by atoms with E-state index in [2.05, 4.69) is 36.4 Å². The predicted molar refractivity (Wildman–Crippen MR) is 197 cm³/mol. The van der Waals surface area contributed by atoms with E-state index in [1.165, 1.54) is 0 Å². The lowest BCUT2D eigenvalue weighted by Gasteiger charge is -2.18. The van der Waals surface area contributed by atoms with E-state index in [4.69, 9.17) is 9.47 Å². The molecule has 278 valence electrons. The molecule has 2 aliphatic rings. The molecule has 0 radical (unpaired) electrons. The van der Waals surface area contributed by atoms with Gasteiger partial charge in [0.1, 0.15) is 17.3 Å². The molecule has 0 spiro atoms. The highest BCUT2D eigenvalue weighted by Crippen LogP contribution is 2.33. The molecule has 2 heterocycles. The van der Waals surface area contributed by atoms with Crippen LogP contribution in [0.2, 0.25) is 0 Å². The maximum absolute atomic E-state index is 12.2. The highest BCUT2D eigenvalue weighted by atomic mass is 32.2. The first-order chi connectivity index (χ1) is 23.2. The number of nitrogens with zero attached hydrogens (tertiary/aromatic N) is 1. The molecule has 2 N–H and O–H groups in total. The molecule has 2 saturated heterocycles. The molecule has 3 atom stereocenters. The van der Waals surface area contributed by atoms with Crippen LogP contribution >= 0.6 is 11.8 Å². The fourth-order valence-corrected chi connectivity index (χ4v) is 8.21. The lowest BCUT2D eigenvalue weighted by Crippen LogP contribution is -2.36. The van der Waals surface area contributed by atoms with E-state index in [0.717, 1.165) is 109 Å². The van der Waals surface area contributed by atoms with Crippen LogP contribution in [0.1, 0.15) is 142 Å². The van der Waals surface area contributed by atoms with Crippen LogP contribution in [0, 0.1) is 5.92 Å². The van der Waals surface area contributed by atoms with Crippen molar-refractivity contribution in [1.29, 1.82) is 0 Å². The Labute approximate surface area is 296 Å². The number of hydrogen-bond acceptors (Lipinski definition) is 8. The molecule has 0 aliphatic carbocycles. The van der Waals surface area contributed by atoms with Gasteiger partial charge >= 0.3 is 6.03 Å². The highest BCUT2D eigenvalue weighted by Gasteiger charge is 2.42. The van der Waals surface area contributed by atoms with Gasteiger partial charge in [0.05, 0.1) is 25.3 Å².